The highest BCUT2D eigenvalue weighted by atomic mass is 35.5. The van der Waals surface area contributed by atoms with Crippen LogP contribution in [0.15, 0.2) is 18.2 Å². The third-order valence-corrected chi connectivity index (χ3v) is 3.40. The maximum Gasteiger partial charge on any atom is 0.340 e. The standard InChI is InChI=1S/C13H11ClN2O4/c1-2-8-11(13(17)18)12(14)16(15-8)7-3-4-9-10(5-7)20-6-19-9/h3-5H,2,6H2,1H3,(H,17,18). The van der Waals surface area contributed by atoms with Gasteiger partial charge in [0.1, 0.15) is 10.7 Å². The van der Waals surface area contributed by atoms with Gasteiger partial charge in [0.15, 0.2) is 11.5 Å². The molecule has 0 atom stereocenters. The van der Waals surface area contributed by atoms with E-state index >= 15 is 0 Å². The van der Waals surface area contributed by atoms with Crippen LogP contribution in [0.1, 0.15) is 23.0 Å². The smallest absolute Gasteiger partial charge is 0.340 e. The van der Waals surface area contributed by atoms with Crippen molar-refractivity contribution in [3.63, 3.8) is 0 Å². The van der Waals surface area contributed by atoms with Crippen LogP contribution >= 0.6 is 11.6 Å². The number of aromatic carboxylic acids is 1. The van der Waals surface area contributed by atoms with Gasteiger partial charge in [-0.05, 0) is 18.6 Å². The third-order valence-electron chi connectivity index (χ3n) is 3.05. The van der Waals surface area contributed by atoms with Crippen LogP contribution in [-0.2, 0) is 6.42 Å². The molecule has 0 bridgehead atoms. The van der Waals surface area contributed by atoms with Crippen molar-refractivity contribution < 1.29 is 19.4 Å². The third kappa shape index (κ3) is 1.89. The van der Waals surface area contributed by atoms with Gasteiger partial charge in [-0.2, -0.15) is 5.10 Å². The first-order valence-electron chi connectivity index (χ1n) is 6.02. The number of aryl methyl sites for hydroxylation is 1. The Balaban J connectivity index is 2.13. The number of ether oxygens (including phenoxy) is 2. The highest BCUT2D eigenvalue weighted by Crippen LogP contribution is 2.35. The van der Waals surface area contributed by atoms with E-state index in [9.17, 15) is 9.90 Å². The van der Waals surface area contributed by atoms with Crippen molar-refractivity contribution in [1.29, 1.82) is 0 Å². The first kappa shape index (κ1) is 12.8. The van der Waals surface area contributed by atoms with E-state index in [1.54, 1.807) is 18.2 Å². The molecular formula is C13H11ClN2O4. The van der Waals surface area contributed by atoms with Gasteiger partial charge in [0, 0.05) is 6.07 Å². The van der Waals surface area contributed by atoms with E-state index < -0.39 is 5.97 Å². The molecule has 0 unspecified atom stereocenters. The van der Waals surface area contributed by atoms with Crippen molar-refractivity contribution in [1.82, 2.24) is 9.78 Å². The fraction of sp³-hybridized carbons (Fsp3) is 0.231. The first-order chi connectivity index (χ1) is 9.61. The average molecular weight is 295 g/mol. The summed E-state index contributed by atoms with van der Waals surface area (Å²) in [5.74, 6) is 0.147. The SMILES string of the molecule is CCc1nn(-c2ccc3c(c2)OCO3)c(Cl)c1C(=O)O. The number of benzene rings is 1. The molecule has 0 radical (unpaired) electrons. The maximum atomic E-state index is 11.3. The molecule has 0 saturated carbocycles. The van der Waals surface area contributed by atoms with E-state index in [1.165, 1.54) is 4.68 Å². The summed E-state index contributed by atoms with van der Waals surface area (Å²) in [6, 6.07) is 5.20. The zero-order chi connectivity index (χ0) is 14.3. The number of fused-ring (bicyclic) bond motifs is 1. The Morgan fingerprint density at radius 3 is 2.85 bits per heavy atom. The number of nitrogens with zero attached hydrogens (tertiary/aromatic N) is 2. The number of carboxylic acid groups (broad SMARTS) is 1. The fourth-order valence-electron chi connectivity index (χ4n) is 2.09. The maximum absolute atomic E-state index is 11.3. The van der Waals surface area contributed by atoms with Crippen molar-refractivity contribution in [3.8, 4) is 17.2 Å². The summed E-state index contributed by atoms with van der Waals surface area (Å²) in [6.07, 6.45) is 0.485. The number of aromatic nitrogens is 2. The van der Waals surface area contributed by atoms with Gasteiger partial charge in [0.2, 0.25) is 6.79 Å². The van der Waals surface area contributed by atoms with Gasteiger partial charge in [-0.25, -0.2) is 9.48 Å². The van der Waals surface area contributed by atoms with Crippen LogP contribution in [0, 0.1) is 0 Å². The van der Waals surface area contributed by atoms with Crippen LogP contribution < -0.4 is 9.47 Å². The summed E-state index contributed by atoms with van der Waals surface area (Å²) in [5.41, 5.74) is 1.11. The Morgan fingerprint density at radius 1 is 1.45 bits per heavy atom. The molecule has 1 aromatic heterocycles. The van der Waals surface area contributed by atoms with Crippen molar-refractivity contribution in [2.24, 2.45) is 0 Å². The second kappa shape index (κ2) is 4.72. The predicted molar refractivity (Wildman–Crippen MR) is 71.0 cm³/mol. The first-order valence-corrected chi connectivity index (χ1v) is 6.40. The number of carboxylic acids is 1. The van der Waals surface area contributed by atoms with Crippen LogP contribution in [0.25, 0.3) is 5.69 Å². The van der Waals surface area contributed by atoms with Crippen molar-refractivity contribution in [3.05, 3.63) is 34.6 Å². The zero-order valence-corrected chi connectivity index (χ0v) is 11.3. The molecule has 1 aromatic carbocycles. The van der Waals surface area contributed by atoms with Crippen LogP contribution in [0.3, 0.4) is 0 Å². The van der Waals surface area contributed by atoms with Gasteiger partial charge < -0.3 is 14.6 Å². The minimum absolute atomic E-state index is 0.0341. The summed E-state index contributed by atoms with van der Waals surface area (Å²) in [6.45, 7) is 2.00. The number of halogens is 1. The molecule has 2 aromatic rings. The summed E-state index contributed by atoms with van der Waals surface area (Å²) < 4.78 is 11.9. The highest BCUT2D eigenvalue weighted by molar-refractivity contribution is 6.33. The summed E-state index contributed by atoms with van der Waals surface area (Å²) >= 11 is 6.14. The minimum Gasteiger partial charge on any atom is -0.478 e. The lowest BCUT2D eigenvalue weighted by molar-refractivity contribution is 0.0696. The molecule has 104 valence electrons. The zero-order valence-electron chi connectivity index (χ0n) is 10.6. The van der Waals surface area contributed by atoms with Gasteiger partial charge in [0.05, 0.1) is 11.4 Å². The number of hydrogen-bond acceptors (Lipinski definition) is 4. The van der Waals surface area contributed by atoms with E-state index in [0.29, 0.717) is 29.3 Å². The van der Waals surface area contributed by atoms with Crippen LogP contribution in [0.5, 0.6) is 11.5 Å². The van der Waals surface area contributed by atoms with Gasteiger partial charge in [-0.15, -0.1) is 0 Å². The molecule has 0 aliphatic carbocycles. The molecule has 20 heavy (non-hydrogen) atoms. The molecule has 0 fully saturated rings. The Labute approximate surface area is 119 Å². The van der Waals surface area contributed by atoms with Gasteiger partial charge in [-0.1, -0.05) is 18.5 Å². The quantitative estimate of drug-likeness (QED) is 0.941. The van der Waals surface area contributed by atoms with Crippen LogP contribution in [-0.4, -0.2) is 27.6 Å². The monoisotopic (exact) mass is 294 g/mol. The van der Waals surface area contributed by atoms with Crippen molar-refractivity contribution in [2.45, 2.75) is 13.3 Å². The lowest BCUT2D eigenvalue weighted by Crippen LogP contribution is -2.00. The molecule has 0 amide bonds. The van der Waals surface area contributed by atoms with E-state index in [2.05, 4.69) is 5.10 Å². The molecule has 1 N–H and O–H groups in total. The molecule has 0 saturated heterocycles. The molecule has 6 nitrogen and oxygen atoms in total. The van der Waals surface area contributed by atoms with E-state index in [0.717, 1.165) is 0 Å². The second-order valence-electron chi connectivity index (χ2n) is 4.22. The Bertz CT molecular complexity index is 696. The number of carbonyl (C=O) groups is 1. The molecule has 7 heteroatoms. The molecule has 3 rings (SSSR count). The second-order valence-corrected chi connectivity index (χ2v) is 4.58. The minimum atomic E-state index is -1.08. The molecule has 1 aliphatic rings. The van der Waals surface area contributed by atoms with Gasteiger partial charge in [-0.3, -0.25) is 0 Å². The lowest BCUT2D eigenvalue weighted by Gasteiger charge is -2.04. The van der Waals surface area contributed by atoms with Crippen molar-refractivity contribution >= 4 is 17.6 Å². The molecular weight excluding hydrogens is 284 g/mol. The molecule has 0 spiro atoms. The van der Waals surface area contributed by atoms with Crippen LogP contribution in [0.2, 0.25) is 5.15 Å². The van der Waals surface area contributed by atoms with Crippen LogP contribution in [0.4, 0.5) is 0 Å². The highest BCUT2D eigenvalue weighted by Gasteiger charge is 2.23. The Hall–Kier alpha value is -2.21. The summed E-state index contributed by atoms with van der Waals surface area (Å²) in [7, 11) is 0. The Kier molecular flexibility index (Phi) is 3.02. The predicted octanol–water partition coefficient (Wildman–Crippen LogP) is 2.51. The van der Waals surface area contributed by atoms with E-state index in [4.69, 9.17) is 21.1 Å². The van der Waals surface area contributed by atoms with E-state index in [-0.39, 0.29) is 17.5 Å². The summed E-state index contributed by atoms with van der Waals surface area (Å²) in [4.78, 5) is 11.3. The topological polar surface area (TPSA) is 73.6 Å². The largest absolute Gasteiger partial charge is 0.478 e. The average Bonchev–Trinajstić information content (AvgIpc) is 3.01. The fourth-order valence-corrected chi connectivity index (χ4v) is 2.41. The van der Waals surface area contributed by atoms with Crippen molar-refractivity contribution in [2.75, 3.05) is 6.79 Å². The number of hydrogen-bond donors (Lipinski definition) is 1. The normalized spacial score (nSPS) is 12.7. The van der Waals surface area contributed by atoms with Gasteiger partial charge >= 0.3 is 5.97 Å². The van der Waals surface area contributed by atoms with E-state index in [1.807, 2.05) is 6.92 Å². The lowest BCUT2D eigenvalue weighted by atomic mass is 10.2. The number of rotatable bonds is 3. The van der Waals surface area contributed by atoms with Gasteiger partial charge in [0.25, 0.3) is 0 Å². The Morgan fingerprint density at radius 2 is 2.20 bits per heavy atom. The molecule has 1 aliphatic heterocycles. The summed E-state index contributed by atoms with van der Waals surface area (Å²) in [5, 5.41) is 13.5. The molecule has 2 heterocycles.